The molecule has 5 rings (SSSR count). The van der Waals surface area contributed by atoms with Crippen LogP contribution in [0, 0.1) is 11.0 Å². The zero-order valence-corrected chi connectivity index (χ0v) is 15.8. The highest BCUT2D eigenvalue weighted by Gasteiger charge is 2.19. The van der Waals surface area contributed by atoms with Crippen LogP contribution in [-0.4, -0.2) is 27.3 Å². The fourth-order valence-corrected chi connectivity index (χ4v) is 3.47. The molecule has 8 heteroatoms. The monoisotopic (exact) mass is 399 g/mol. The predicted octanol–water partition coefficient (Wildman–Crippen LogP) is 3.69. The molecule has 0 N–H and O–H groups in total. The van der Waals surface area contributed by atoms with Crippen LogP contribution in [0.2, 0.25) is 0 Å². The molecule has 0 fully saturated rings. The Balaban J connectivity index is 1.87. The van der Waals surface area contributed by atoms with Gasteiger partial charge in [-0.25, -0.2) is 14.4 Å². The molecule has 0 amide bonds. The number of aromatic nitrogens is 5. The van der Waals surface area contributed by atoms with Gasteiger partial charge >= 0.3 is 0 Å². The molecular formula is C22H14FN5O2. The number of nitrogens with zero attached hydrogens (tertiary/aromatic N) is 5. The number of fused-ring (bicyclic) bond motifs is 2. The number of rotatable bonds is 3. The first-order valence-corrected chi connectivity index (χ1v) is 9.10. The fraction of sp³-hybridized carbons (Fsp3) is 0.0455. The first-order chi connectivity index (χ1) is 14.7. The van der Waals surface area contributed by atoms with E-state index in [4.69, 9.17) is 4.74 Å². The summed E-state index contributed by atoms with van der Waals surface area (Å²) < 4.78 is 20.4. The molecule has 0 aliphatic heterocycles. The molecule has 0 spiro atoms. The number of methoxy groups -OCH3 is 1. The third-order valence-electron chi connectivity index (χ3n) is 4.84. The topological polar surface area (TPSA) is 87.7 Å². The van der Waals surface area contributed by atoms with Crippen molar-refractivity contribution in [2.24, 2.45) is 0 Å². The van der Waals surface area contributed by atoms with Crippen LogP contribution in [0.5, 0.6) is 5.88 Å². The molecule has 146 valence electrons. The van der Waals surface area contributed by atoms with E-state index in [9.17, 15) is 9.60 Å². The number of ether oxygens (including phenoxy) is 1. The molecular weight excluding hydrogens is 385 g/mol. The van der Waals surface area contributed by atoms with Gasteiger partial charge in [0, 0.05) is 34.2 Å². The van der Waals surface area contributed by atoms with Crippen LogP contribution in [0.1, 0.15) is 0 Å². The van der Waals surface area contributed by atoms with Crippen LogP contribution >= 0.6 is 0 Å². The molecule has 0 atom stereocenters. The molecule has 0 unspecified atom stereocenters. The number of hydrogen-bond acceptors (Lipinski definition) is 6. The van der Waals surface area contributed by atoms with Gasteiger partial charge in [0.15, 0.2) is 18.0 Å². The first kappa shape index (κ1) is 17.9. The van der Waals surface area contributed by atoms with E-state index < -0.39 is 0 Å². The van der Waals surface area contributed by atoms with Gasteiger partial charge in [-0.3, -0.25) is 0 Å². The fourth-order valence-electron chi connectivity index (χ4n) is 3.47. The van der Waals surface area contributed by atoms with E-state index in [1.54, 1.807) is 42.6 Å². The molecule has 4 heterocycles. The minimum absolute atomic E-state index is 0.241. The van der Waals surface area contributed by atoms with E-state index in [1.807, 2.05) is 6.07 Å². The lowest BCUT2D eigenvalue weighted by Gasteiger charge is -2.12. The van der Waals surface area contributed by atoms with Gasteiger partial charge < -0.3 is 9.94 Å². The summed E-state index contributed by atoms with van der Waals surface area (Å²) >= 11 is 0. The Kier molecular flexibility index (Phi) is 4.17. The van der Waals surface area contributed by atoms with Crippen LogP contribution in [-0.2, 0) is 0 Å². The van der Waals surface area contributed by atoms with Crippen molar-refractivity contribution in [1.29, 1.82) is 0 Å². The van der Waals surface area contributed by atoms with Crippen LogP contribution < -0.4 is 9.47 Å². The van der Waals surface area contributed by atoms with Crippen molar-refractivity contribution in [2.45, 2.75) is 0 Å². The molecule has 0 aliphatic rings. The Morgan fingerprint density at radius 3 is 2.67 bits per heavy atom. The van der Waals surface area contributed by atoms with Gasteiger partial charge in [0.1, 0.15) is 16.9 Å². The van der Waals surface area contributed by atoms with Crippen molar-refractivity contribution in [3.63, 3.8) is 0 Å². The number of hydrogen-bond donors (Lipinski definition) is 0. The minimum Gasteiger partial charge on any atom is -0.619 e. The largest absolute Gasteiger partial charge is 0.619 e. The average Bonchev–Trinajstić information content (AvgIpc) is 2.78. The number of pyridine rings is 3. The summed E-state index contributed by atoms with van der Waals surface area (Å²) in [5.41, 5.74) is 2.43. The van der Waals surface area contributed by atoms with Crippen LogP contribution in [0.4, 0.5) is 4.39 Å². The first-order valence-electron chi connectivity index (χ1n) is 9.10. The maximum Gasteiger partial charge on any atom is 0.247 e. The standard InChI is InChI=1S/C22H14FN5O2/c1-30-22-17-12-28(29)10-8-13(17)20(26-27-22)16-11-19(15-5-2-3-7-18(15)23)25-21-14(16)6-4-9-24-21/h2-12H,1H3. The smallest absolute Gasteiger partial charge is 0.247 e. The molecule has 0 aliphatic carbocycles. The molecule has 5 aromatic rings. The number of halogens is 1. The maximum absolute atomic E-state index is 14.5. The lowest BCUT2D eigenvalue weighted by Crippen LogP contribution is -2.24. The van der Waals surface area contributed by atoms with E-state index in [0.717, 1.165) is 5.39 Å². The van der Waals surface area contributed by atoms with Crippen molar-refractivity contribution in [3.8, 4) is 28.4 Å². The Morgan fingerprint density at radius 1 is 0.967 bits per heavy atom. The third kappa shape index (κ3) is 2.86. The van der Waals surface area contributed by atoms with Crippen molar-refractivity contribution in [2.75, 3.05) is 7.11 Å². The summed E-state index contributed by atoms with van der Waals surface area (Å²) in [4.78, 5) is 8.89. The van der Waals surface area contributed by atoms with E-state index in [1.165, 1.54) is 25.6 Å². The molecule has 0 bridgehead atoms. The van der Waals surface area contributed by atoms with Gasteiger partial charge in [0.25, 0.3) is 0 Å². The zero-order valence-electron chi connectivity index (χ0n) is 15.8. The second-order valence-corrected chi connectivity index (χ2v) is 6.60. The third-order valence-corrected chi connectivity index (χ3v) is 4.84. The van der Waals surface area contributed by atoms with Gasteiger partial charge in [-0.05, 0) is 30.3 Å². The quantitative estimate of drug-likeness (QED) is 0.340. The maximum atomic E-state index is 14.5. The van der Waals surface area contributed by atoms with Crippen molar-refractivity contribution in [3.05, 3.63) is 78.1 Å². The van der Waals surface area contributed by atoms with Gasteiger partial charge in [-0.15, -0.1) is 10.2 Å². The lowest BCUT2D eigenvalue weighted by atomic mass is 10.0. The molecule has 0 saturated carbocycles. The Bertz CT molecular complexity index is 1420. The van der Waals surface area contributed by atoms with Crippen LogP contribution in [0.15, 0.2) is 67.1 Å². The highest BCUT2D eigenvalue weighted by atomic mass is 19.1. The Morgan fingerprint density at radius 2 is 1.83 bits per heavy atom. The highest BCUT2D eigenvalue weighted by molar-refractivity contribution is 6.03. The van der Waals surface area contributed by atoms with E-state index in [0.29, 0.717) is 43.7 Å². The van der Waals surface area contributed by atoms with Crippen molar-refractivity contribution >= 4 is 21.8 Å². The molecule has 4 aromatic heterocycles. The Labute approximate surface area is 170 Å². The summed E-state index contributed by atoms with van der Waals surface area (Å²) in [6.07, 6.45) is 4.39. The predicted molar refractivity (Wildman–Crippen MR) is 109 cm³/mol. The summed E-state index contributed by atoms with van der Waals surface area (Å²) in [6.45, 7) is 0. The van der Waals surface area contributed by atoms with Gasteiger partial charge in [-0.1, -0.05) is 12.1 Å². The normalized spacial score (nSPS) is 11.1. The van der Waals surface area contributed by atoms with Gasteiger partial charge in [-0.2, -0.15) is 4.73 Å². The SMILES string of the molecule is COc1nnc(-c2cc(-c3ccccc3F)nc3ncccc23)c2cc[n+]([O-])cc12. The molecule has 7 nitrogen and oxygen atoms in total. The minimum atomic E-state index is -0.385. The van der Waals surface area contributed by atoms with Crippen molar-refractivity contribution in [1.82, 2.24) is 20.2 Å². The summed E-state index contributed by atoms with van der Waals surface area (Å²) in [5, 5.41) is 22.2. The average molecular weight is 399 g/mol. The highest BCUT2D eigenvalue weighted by Crippen LogP contribution is 2.35. The van der Waals surface area contributed by atoms with Crippen molar-refractivity contribution < 1.29 is 13.9 Å². The lowest BCUT2D eigenvalue weighted by molar-refractivity contribution is -0.603. The van der Waals surface area contributed by atoms with E-state index in [2.05, 4.69) is 20.2 Å². The second kappa shape index (κ2) is 7.00. The van der Waals surface area contributed by atoms with Gasteiger partial charge in [0.2, 0.25) is 5.88 Å². The summed E-state index contributed by atoms with van der Waals surface area (Å²) in [6, 6.07) is 13.5. The Hall–Kier alpha value is -4.20. The molecule has 30 heavy (non-hydrogen) atoms. The van der Waals surface area contributed by atoms with Crippen LogP contribution in [0.3, 0.4) is 0 Å². The van der Waals surface area contributed by atoms with E-state index in [-0.39, 0.29) is 11.7 Å². The number of benzene rings is 1. The summed E-state index contributed by atoms with van der Waals surface area (Å²) in [5.74, 6) is -0.144. The second-order valence-electron chi connectivity index (χ2n) is 6.60. The summed E-state index contributed by atoms with van der Waals surface area (Å²) in [7, 11) is 1.47. The van der Waals surface area contributed by atoms with Crippen LogP contribution in [0.25, 0.3) is 44.3 Å². The molecule has 1 aromatic carbocycles. The van der Waals surface area contributed by atoms with Gasteiger partial charge in [0.05, 0.1) is 12.8 Å². The van der Waals surface area contributed by atoms with E-state index >= 15 is 0 Å². The molecule has 0 saturated heterocycles. The molecule has 0 radical (unpaired) electrons. The zero-order chi connectivity index (χ0) is 20.7.